The fraction of sp³-hybridized carbons (Fsp3) is 0.786. The third kappa shape index (κ3) is 9.19. The summed E-state index contributed by atoms with van der Waals surface area (Å²) in [5.41, 5.74) is -0.746. The van der Waals surface area contributed by atoms with Gasteiger partial charge in [-0.25, -0.2) is 0 Å². The van der Waals surface area contributed by atoms with Gasteiger partial charge in [-0.3, -0.25) is 14.4 Å². The summed E-state index contributed by atoms with van der Waals surface area (Å²) >= 11 is 7.92. The number of rotatable bonds is 11. The van der Waals surface area contributed by atoms with Gasteiger partial charge in [0.25, 0.3) is 0 Å². The Morgan fingerprint density at radius 1 is 0.864 bits per heavy atom. The second kappa shape index (κ2) is 11.6. The highest BCUT2D eigenvalue weighted by Crippen LogP contribution is 2.24. The zero-order valence-electron chi connectivity index (χ0n) is 13.0. The molecule has 0 aliphatic carbocycles. The van der Waals surface area contributed by atoms with Crippen LogP contribution in [-0.2, 0) is 28.6 Å². The van der Waals surface area contributed by atoms with Gasteiger partial charge in [0.05, 0.1) is 18.3 Å². The van der Waals surface area contributed by atoms with Gasteiger partial charge in [-0.1, -0.05) is 6.92 Å². The van der Waals surface area contributed by atoms with Crippen LogP contribution in [0.1, 0.15) is 33.1 Å². The van der Waals surface area contributed by atoms with E-state index in [9.17, 15) is 14.4 Å². The molecule has 0 radical (unpaired) electrons. The van der Waals surface area contributed by atoms with Crippen molar-refractivity contribution in [2.45, 2.75) is 33.1 Å². The monoisotopic (exact) mass is 352 g/mol. The highest BCUT2D eigenvalue weighted by Gasteiger charge is 2.33. The molecule has 0 N–H and O–H groups in total. The van der Waals surface area contributed by atoms with Gasteiger partial charge >= 0.3 is 17.9 Å². The molecular weight excluding hydrogens is 328 g/mol. The van der Waals surface area contributed by atoms with E-state index in [0.29, 0.717) is 17.9 Å². The van der Waals surface area contributed by atoms with E-state index in [1.54, 1.807) is 0 Å². The molecule has 0 amide bonds. The fourth-order valence-corrected chi connectivity index (χ4v) is 1.85. The van der Waals surface area contributed by atoms with E-state index in [0.717, 1.165) is 0 Å². The van der Waals surface area contributed by atoms with Crippen LogP contribution < -0.4 is 0 Å². The van der Waals surface area contributed by atoms with Crippen LogP contribution in [0.2, 0.25) is 0 Å². The highest BCUT2D eigenvalue weighted by atomic mass is 32.1. The smallest absolute Gasteiger partial charge is 0.306 e. The molecule has 0 heterocycles. The summed E-state index contributed by atoms with van der Waals surface area (Å²) in [5.74, 6) is -0.451. The molecule has 8 heteroatoms. The number of ether oxygens (including phenoxy) is 3. The lowest BCUT2D eigenvalue weighted by molar-refractivity contribution is -0.161. The molecule has 0 aliphatic heterocycles. The van der Waals surface area contributed by atoms with Gasteiger partial charge in [0.15, 0.2) is 0 Å². The normalized spacial score (nSPS) is 10.9. The van der Waals surface area contributed by atoms with E-state index in [-0.39, 0.29) is 32.7 Å². The topological polar surface area (TPSA) is 78.9 Å². The third-order valence-electron chi connectivity index (χ3n) is 3.04. The summed E-state index contributed by atoms with van der Waals surface area (Å²) in [7, 11) is 0. The zero-order chi connectivity index (χ0) is 17.0. The Hall–Kier alpha value is -0.890. The maximum absolute atomic E-state index is 11.5. The number of carbonyl (C=O) groups is 3. The van der Waals surface area contributed by atoms with E-state index >= 15 is 0 Å². The van der Waals surface area contributed by atoms with Crippen molar-refractivity contribution >= 4 is 43.2 Å². The van der Waals surface area contributed by atoms with E-state index in [2.05, 4.69) is 25.3 Å². The van der Waals surface area contributed by atoms with Gasteiger partial charge in [0.2, 0.25) is 0 Å². The van der Waals surface area contributed by atoms with Crippen LogP contribution >= 0.6 is 25.3 Å². The van der Waals surface area contributed by atoms with Gasteiger partial charge in [-0.2, -0.15) is 25.3 Å². The number of hydrogen-bond acceptors (Lipinski definition) is 8. The van der Waals surface area contributed by atoms with Crippen LogP contribution in [0.3, 0.4) is 0 Å². The van der Waals surface area contributed by atoms with Crippen LogP contribution in [0.4, 0.5) is 0 Å². The SMILES string of the molecule is CCC(COC(C)=O)(COC(=O)CCS)COC(=O)CCS. The molecule has 6 nitrogen and oxygen atoms in total. The van der Waals surface area contributed by atoms with Crippen molar-refractivity contribution in [3.63, 3.8) is 0 Å². The average Bonchev–Trinajstić information content (AvgIpc) is 2.47. The summed E-state index contributed by atoms with van der Waals surface area (Å²) < 4.78 is 15.4. The van der Waals surface area contributed by atoms with Crippen LogP contribution in [0.5, 0.6) is 0 Å². The molecule has 22 heavy (non-hydrogen) atoms. The molecule has 0 saturated carbocycles. The maximum atomic E-state index is 11.5. The van der Waals surface area contributed by atoms with E-state index in [1.807, 2.05) is 6.92 Å². The van der Waals surface area contributed by atoms with E-state index in [1.165, 1.54) is 6.92 Å². The Kier molecular flexibility index (Phi) is 11.2. The molecule has 128 valence electrons. The molecule has 0 spiro atoms. The molecule has 0 aromatic carbocycles. The minimum Gasteiger partial charge on any atom is -0.465 e. The first-order valence-corrected chi connectivity index (χ1v) is 8.32. The second-order valence-electron chi connectivity index (χ2n) is 4.90. The molecule has 0 aromatic heterocycles. The van der Waals surface area contributed by atoms with Crippen molar-refractivity contribution in [1.82, 2.24) is 0 Å². The summed E-state index contributed by atoms with van der Waals surface area (Å²) in [5, 5.41) is 0. The minimum atomic E-state index is -0.746. The summed E-state index contributed by atoms with van der Waals surface area (Å²) in [6.07, 6.45) is 0.897. The molecule has 0 bridgehead atoms. The standard InChI is InChI=1S/C14H24O6S2/c1-3-14(8-18-11(2)15,9-19-12(16)4-6-21)10-20-13(17)5-7-22/h21-22H,3-10H2,1-2H3. The first-order valence-electron chi connectivity index (χ1n) is 7.05. The van der Waals surface area contributed by atoms with Crippen LogP contribution in [-0.4, -0.2) is 49.2 Å². The second-order valence-corrected chi connectivity index (χ2v) is 5.80. The van der Waals surface area contributed by atoms with Gasteiger partial charge < -0.3 is 14.2 Å². The molecule has 0 aromatic rings. The van der Waals surface area contributed by atoms with Crippen molar-refractivity contribution in [1.29, 1.82) is 0 Å². The van der Waals surface area contributed by atoms with Crippen LogP contribution in [0, 0.1) is 5.41 Å². The maximum Gasteiger partial charge on any atom is 0.306 e. The number of hydrogen-bond donors (Lipinski definition) is 2. The predicted molar refractivity (Wildman–Crippen MR) is 88.2 cm³/mol. The Morgan fingerprint density at radius 3 is 1.59 bits per heavy atom. The number of esters is 3. The molecule has 0 saturated heterocycles. The largest absolute Gasteiger partial charge is 0.465 e. The highest BCUT2D eigenvalue weighted by molar-refractivity contribution is 7.80. The zero-order valence-corrected chi connectivity index (χ0v) is 14.8. The fourth-order valence-electron chi connectivity index (χ4n) is 1.48. The summed E-state index contributed by atoms with van der Waals surface area (Å²) in [4.78, 5) is 34.0. The number of carbonyl (C=O) groups excluding carboxylic acids is 3. The molecule has 0 rings (SSSR count). The van der Waals surface area contributed by atoms with Crippen molar-refractivity contribution in [2.75, 3.05) is 31.3 Å². The first kappa shape index (κ1) is 21.1. The quantitative estimate of drug-likeness (QED) is 0.335. The molecule has 0 fully saturated rings. The Labute approximate surface area is 142 Å². The van der Waals surface area contributed by atoms with E-state index in [4.69, 9.17) is 14.2 Å². The van der Waals surface area contributed by atoms with Crippen molar-refractivity contribution in [3.8, 4) is 0 Å². The molecular formula is C14H24O6S2. The van der Waals surface area contributed by atoms with E-state index < -0.39 is 23.3 Å². The molecule has 0 atom stereocenters. The van der Waals surface area contributed by atoms with Crippen molar-refractivity contribution < 1.29 is 28.6 Å². The van der Waals surface area contributed by atoms with Gasteiger partial charge in [0, 0.05) is 18.4 Å². The average molecular weight is 352 g/mol. The Morgan fingerprint density at radius 2 is 1.27 bits per heavy atom. The van der Waals surface area contributed by atoms with Crippen LogP contribution in [0.15, 0.2) is 0 Å². The van der Waals surface area contributed by atoms with Gasteiger partial charge in [-0.15, -0.1) is 0 Å². The lowest BCUT2D eigenvalue weighted by Crippen LogP contribution is -2.39. The summed E-state index contributed by atoms with van der Waals surface area (Å²) in [6, 6.07) is 0. The van der Waals surface area contributed by atoms with Crippen LogP contribution in [0.25, 0.3) is 0 Å². The number of thiol groups is 2. The summed E-state index contributed by atoms with van der Waals surface area (Å²) in [6.45, 7) is 3.18. The third-order valence-corrected chi connectivity index (χ3v) is 3.49. The minimum absolute atomic E-state index is 0.0115. The molecule has 0 aliphatic rings. The Bertz CT molecular complexity index is 350. The lowest BCUT2D eigenvalue weighted by atomic mass is 9.88. The van der Waals surface area contributed by atoms with Crippen molar-refractivity contribution in [3.05, 3.63) is 0 Å². The molecule has 0 unspecified atom stereocenters. The predicted octanol–water partition coefficient (Wildman–Crippen LogP) is 1.67. The van der Waals surface area contributed by atoms with Crippen molar-refractivity contribution in [2.24, 2.45) is 5.41 Å². The Balaban J connectivity index is 4.72. The lowest BCUT2D eigenvalue weighted by Gasteiger charge is -2.30. The van der Waals surface area contributed by atoms with Gasteiger partial charge in [-0.05, 0) is 6.42 Å². The van der Waals surface area contributed by atoms with Gasteiger partial charge in [0.1, 0.15) is 19.8 Å². The first-order chi connectivity index (χ1) is 10.4.